The van der Waals surface area contributed by atoms with Gasteiger partial charge >= 0.3 is 0 Å². The van der Waals surface area contributed by atoms with Gasteiger partial charge in [-0.25, -0.2) is 0 Å². The molecule has 3 nitrogen and oxygen atoms in total. The number of carbonyl (C=O) groups is 1. The van der Waals surface area contributed by atoms with Crippen molar-refractivity contribution in [1.82, 2.24) is 0 Å². The first kappa shape index (κ1) is 13.7. The monoisotopic (exact) mass is 282 g/mol. The summed E-state index contributed by atoms with van der Waals surface area (Å²) in [6, 6.07) is 5.58. The second kappa shape index (κ2) is 4.62. The molecule has 0 aromatic heterocycles. The fraction of sp³-hybridized carbons (Fsp3) is 0.278. The molecule has 0 amide bonds. The number of aromatic hydroxyl groups is 2. The average Bonchev–Trinajstić information content (AvgIpc) is 2.43. The highest BCUT2D eigenvalue weighted by molar-refractivity contribution is 6.01. The van der Waals surface area contributed by atoms with Crippen LogP contribution in [0.25, 0.3) is 11.1 Å². The summed E-state index contributed by atoms with van der Waals surface area (Å²) in [5.41, 5.74) is 5.98. The quantitative estimate of drug-likeness (QED) is 0.784. The van der Waals surface area contributed by atoms with Crippen molar-refractivity contribution >= 4 is 5.78 Å². The first-order chi connectivity index (χ1) is 9.91. The standard InChI is InChI=1S/C18H18O3/c1-9-8-14-13(17(11(3)19)18(9)21)6-4-12-5-7-15(20)10(2)16(12)14/h5,7-8,20-21H,4,6H2,1-3H3. The van der Waals surface area contributed by atoms with Crippen LogP contribution in [-0.4, -0.2) is 16.0 Å². The maximum absolute atomic E-state index is 11.9. The molecule has 3 rings (SSSR count). The summed E-state index contributed by atoms with van der Waals surface area (Å²) in [4.78, 5) is 11.9. The third-order valence-corrected chi connectivity index (χ3v) is 4.39. The lowest BCUT2D eigenvalue weighted by Crippen LogP contribution is -2.11. The molecule has 1 aliphatic carbocycles. The van der Waals surface area contributed by atoms with Gasteiger partial charge in [0.1, 0.15) is 11.5 Å². The van der Waals surface area contributed by atoms with Gasteiger partial charge in [-0.05, 0) is 79.1 Å². The molecule has 2 aromatic carbocycles. The Morgan fingerprint density at radius 2 is 1.86 bits per heavy atom. The van der Waals surface area contributed by atoms with E-state index in [0.29, 0.717) is 11.1 Å². The van der Waals surface area contributed by atoms with E-state index in [1.807, 2.05) is 19.1 Å². The molecule has 0 aliphatic heterocycles. The second-order valence-electron chi connectivity index (χ2n) is 5.74. The zero-order valence-electron chi connectivity index (χ0n) is 12.4. The van der Waals surface area contributed by atoms with Crippen LogP contribution in [0.3, 0.4) is 0 Å². The number of aryl methyl sites for hydroxylation is 2. The second-order valence-corrected chi connectivity index (χ2v) is 5.74. The van der Waals surface area contributed by atoms with Gasteiger partial charge in [0.15, 0.2) is 5.78 Å². The first-order valence-corrected chi connectivity index (χ1v) is 7.10. The Bertz CT molecular complexity index is 773. The fourth-order valence-corrected chi connectivity index (χ4v) is 3.31. The third-order valence-electron chi connectivity index (χ3n) is 4.39. The Balaban J connectivity index is 2.41. The summed E-state index contributed by atoms with van der Waals surface area (Å²) in [5.74, 6) is 0.230. The number of hydrogen-bond donors (Lipinski definition) is 2. The van der Waals surface area contributed by atoms with Crippen LogP contribution in [0.15, 0.2) is 18.2 Å². The first-order valence-electron chi connectivity index (χ1n) is 7.10. The molecule has 2 N–H and O–H groups in total. The Morgan fingerprint density at radius 3 is 2.52 bits per heavy atom. The van der Waals surface area contributed by atoms with E-state index in [1.54, 1.807) is 13.0 Å². The van der Waals surface area contributed by atoms with Crippen molar-refractivity contribution in [2.24, 2.45) is 0 Å². The van der Waals surface area contributed by atoms with E-state index < -0.39 is 0 Å². The van der Waals surface area contributed by atoms with Crippen LogP contribution >= 0.6 is 0 Å². The van der Waals surface area contributed by atoms with Crippen LogP contribution in [0, 0.1) is 13.8 Å². The molecular formula is C18H18O3. The summed E-state index contributed by atoms with van der Waals surface area (Å²) in [6.07, 6.45) is 1.54. The highest BCUT2D eigenvalue weighted by Crippen LogP contribution is 2.43. The number of hydrogen-bond acceptors (Lipinski definition) is 3. The summed E-state index contributed by atoms with van der Waals surface area (Å²) >= 11 is 0. The lowest BCUT2D eigenvalue weighted by molar-refractivity contribution is 0.101. The molecule has 0 bridgehead atoms. The van der Waals surface area contributed by atoms with Gasteiger partial charge in [-0.15, -0.1) is 0 Å². The Hall–Kier alpha value is -2.29. The topological polar surface area (TPSA) is 57.5 Å². The van der Waals surface area contributed by atoms with Crippen molar-refractivity contribution < 1.29 is 15.0 Å². The van der Waals surface area contributed by atoms with Gasteiger partial charge in [-0.3, -0.25) is 4.79 Å². The molecule has 0 radical (unpaired) electrons. The predicted octanol–water partition coefficient (Wildman–Crippen LogP) is 3.68. The van der Waals surface area contributed by atoms with Crippen LogP contribution < -0.4 is 0 Å². The van der Waals surface area contributed by atoms with Crippen molar-refractivity contribution in [3.63, 3.8) is 0 Å². The number of carbonyl (C=O) groups excluding carboxylic acids is 1. The molecule has 0 unspecified atom stereocenters. The molecule has 21 heavy (non-hydrogen) atoms. The van der Waals surface area contributed by atoms with E-state index in [9.17, 15) is 15.0 Å². The smallest absolute Gasteiger partial charge is 0.163 e. The minimum atomic E-state index is -0.117. The van der Waals surface area contributed by atoms with Gasteiger partial charge in [0.2, 0.25) is 0 Å². The van der Waals surface area contributed by atoms with E-state index >= 15 is 0 Å². The van der Waals surface area contributed by atoms with E-state index in [4.69, 9.17) is 0 Å². The SMILES string of the molecule is CC(=O)c1c(O)c(C)cc2c1CCc1ccc(O)c(C)c1-2. The Kier molecular flexibility index (Phi) is 3.01. The van der Waals surface area contributed by atoms with Crippen LogP contribution in [0.1, 0.15) is 39.5 Å². The van der Waals surface area contributed by atoms with Gasteiger partial charge in [-0.1, -0.05) is 6.07 Å². The van der Waals surface area contributed by atoms with Gasteiger partial charge < -0.3 is 10.2 Å². The van der Waals surface area contributed by atoms with E-state index in [-0.39, 0.29) is 17.3 Å². The van der Waals surface area contributed by atoms with Gasteiger partial charge in [0.25, 0.3) is 0 Å². The number of fused-ring (bicyclic) bond motifs is 3. The number of phenols is 2. The van der Waals surface area contributed by atoms with Crippen molar-refractivity contribution in [1.29, 1.82) is 0 Å². The lowest BCUT2D eigenvalue weighted by atomic mass is 9.79. The maximum Gasteiger partial charge on any atom is 0.163 e. The van der Waals surface area contributed by atoms with Gasteiger partial charge in [0.05, 0.1) is 5.56 Å². The Morgan fingerprint density at radius 1 is 1.14 bits per heavy atom. The average molecular weight is 282 g/mol. The van der Waals surface area contributed by atoms with Crippen molar-refractivity contribution in [3.8, 4) is 22.6 Å². The number of rotatable bonds is 1. The number of benzene rings is 2. The largest absolute Gasteiger partial charge is 0.508 e. The molecule has 0 heterocycles. The fourth-order valence-electron chi connectivity index (χ4n) is 3.31. The third kappa shape index (κ3) is 1.92. The molecule has 1 aliphatic rings. The van der Waals surface area contributed by atoms with E-state index in [0.717, 1.165) is 35.1 Å². The zero-order chi connectivity index (χ0) is 15.3. The molecule has 0 spiro atoms. The molecule has 0 atom stereocenters. The minimum absolute atomic E-state index is 0.0857. The van der Waals surface area contributed by atoms with Crippen molar-refractivity contribution in [3.05, 3.63) is 46.0 Å². The Labute approximate surface area is 123 Å². The highest BCUT2D eigenvalue weighted by Gasteiger charge is 2.26. The van der Waals surface area contributed by atoms with Crippen molar-refractivity contribution in [2.45, 2.75) is 33.6 Å². The summed E-state index contributed by atoms with van der Waals surface area (Å²) in [5, 5.41) is 20.2. The van der Waals surface area contributed by atoms with Crippen LogP contribution in [0.2, 0.25) is 0 Å². The van der Waals surface area contributed by atoms with Crippen LogP contribution in [0.4, 0.5) is 0 Å². The maximum atomic E-state index is 11.9. The number of phenolic OH excluding ortho intramolecular Hbond substituents is 2. The zero-order valence-corrected chi connectivity index (χ0v) is 12.4. The molecule has 2 aromatic rings. The molecule has 0 fully saturated rings. The van der Waals surface area contributed by atoms with Crippen molar-refractivity contribution in [2.75, 3.05) is 0 Å². The van der Waals surface area contributed by atoms with E-state index in [2.05, 4.69) is 0 Å². The number of ketones is 1. The molecular weight excluding hydrogens is 264 g/mol. The lowest BCUT2D eigenvalue weighted by Gasteiger charge is -2.25. The highest BCUT2D eigenvalue weighted by atomic mass is 16.3. The van der Waals surface area contributed by atoms with Gasteiger partial charge in [0, 0.05) is 0 Å². The number of Topliss-reactive ketones (excluding diaryl/α,β-unsaturated/α-hetero) is 1. The molecule has 0 saturated carbocycles. The normalized spacial score (nSPS) is 12.7. The summed E-state index contributed by atoms with van der Waals surface area (Å²) in [7, 11) is 0. The minimum Gasteiger partial charge on any atom is -0.508 e. The molecule has 0 saturated heterocycles. The summed E-state index contributed by atoms with van der Waals surface area (Å²) in [6.45, 7) is 5.17. The van der Waals surface area contributed by atoms with E-state index in [1.165, 1.54) is 12.5 Å². The van der Waals surface area contributed by atoms with Crippen LogP contribution in [-0.2, 0) is 12.8 Å². The van der Waals surface area contributed by atoms with Gasteiger partial charge in [-0.2, -0.15) is 0 Å². The summed E-state index contributed by atoms with van der Waals surface area (Å²) < 4.78 is 0. The molecule has 108 valence electrons. The van der Waals surface area contributed by atoms with Crippen LogP contribution in [0.5, 0.6) is 11.5 Å². The predicted molar refractivity (Wildman–Crippen MR) is 82.1 cm³/mol. The molecule has 3 heteroatoms.